The number of esters is 1. The van der Waals surface area contributed by atoms with Crippen LogP contribution in [0.1, 0.15) is 26.3 Å². The van der Waals surface area contributed by atoms with E-state index in [0.717, 1.165) is 6.42 Å². The zero-order valence-electron chi connectivity index (χ0n) is 7.93. The molecule has 0 aromatic carbocycles. The molecule has 4 nitrogen and oxygen atoms in total. The molecule has 1 heterocycles. The number of hydrogen-bond donors (Lipinski definition) is 0. The smallest absolute Gasteiger partial charge is 0.329 e. The zero-order valence-corrected chi connectivity index (χ0v) is 7.93. The molecule has 0 N–H and O–H groups in total. The highest BCUT2D eigenvalue weighted by Gasteiger charge is 2.18. The van der Waals surface area contributed by atoms with Crippen molar-refractivity contribution in [3.05, 3.63) is 18.7 Å². The Balaban J connectivity index is 2.68. The van der Waals surface area contributed by atoms with Gasteiger partial charge in [-0.2, -0.15) is 0 Å². The molecular formula is C9H14N2O2. The van der Waals surface area contributed by atoms with E-state index in [9.17, 15) is 4.79 Å². The van der Waals surface area contributed by atoms with Crippen LogP contribution in [0, 0.1) is 0 Å². The summed E-state index contributed by atoms with van der Waals surface area (Å²) in [6, 6.07) is -0.234. The van der Waals surface area contributed by atoms with Gasteiger partial charge in [-0.1, -0.05) is 6.92 Å². The molecule has 0 saturated heterocycles. The van der Waals surface area contributed by atoms with Gasteiger partial charge in [0.05, 0.1) is 12.9 Å². The summed E-state index contributed by atoms with van der Waals surface area (Å²) in [6.07, 6.45) is 5.77. The lowest BCUT2D eigenvalue weighted by molar-refractivity contribution is -0.147. The molecule has 72 valence electrons. The van der Waals surface area contributed by atoms with Crippen LogP contribution in [0.2, 0.25) is 0 Å². The Morgan fingerprint density at radius 2 is 2.38 bits per heavy atom. The van der Waals surface area contributed by atoms with Crippen LogP contribution in [0.25, 0.3) is 0 Å². The second kappa shape index (κ2) is 4.64. The van der Waals surface area contributed by atoms with Crippen LogP contribution < -0.4 is 0 Å². The molecule has 0 radical (unpaired) electrons. The van der Waals surface area contributed by atoms with Crippen molar-refractivity contribution in [3.63, 3.8) is 0 Å². The summed E-state index contributed by atoms with van der Waals surface area (Å²) < 4.78 is 6.69. The van der Waals surface area contributed by atoms with Gasteiger partial charge in [0.25, 0.3) is 0 Å². The Morgan fingerprint density at radius 1 is 1.62 bits per heavy atom. The van der Waals surface area contributed by atoms with E-state index in [1.165, 1.54) is 0 Å². The topological polar surface area (TPSA) is 44.1 Å². The van der Waals surface area contributed by atoms with Crippen LogP contribution in [0.15, 0.2) is 18.7 Å². The number of carbonyl (C=O) groups excluding carboxylic acids is 1. The van der Waals surface area contributed by atoms with E-state index >= 15 is 0 Å². The van der Waals surface area contributed by atoms with Gasteiger partial charge in [0.15, 0.2) is 0 Å². The monoisotopic (exact) mass is 182 g/mol. The molecule has 0 aliphatic heterocycles. The van der Waals surface area contributed by atoms with Crippen LogP contribution in [-0.4, -0.2) is 22.1 Å². The summed E-state index contributed by atoms with van der Waals surface area (Å²) in [5.41, 5.74) is 0. The number of ether oxygens (including phenoxy) is 1. The van der Waals surface area contributed by atoms with Crippen LogP contribution in [0.4, 0.5) is 0 Å². The molecule has 1 aromatic rings. The lowest BCUT2D eigenvalue weighted by Crippen LogP contribution is -2.20. The number of hydrogen-bond acceptors (Lipinski definition) is 3. The van der Waals surface area contributed by atoms with Crippen molar-refractivity contribution in [2.24, 2.45) is 0 Å². The highest BCUT2D eigenvalue weighted by molar-refractivity contribution is 5.74. The quantitative estimate of drug-likeness (QED) is 0.661. The van der Waals surface area contributed by atoms with Crippen LogP contribution in [0.5, 0.6) is 0 Å². The van der Waals surface area contributed by atoms with E-state index in [1.807, 2.05) is 6.92 Å². The van der Waals surface area contributed by atoms with Crippen molar-refractivity contribution in [2.45, 2.75) is 26.3 Å². The normalized spacial score (nSPS) is 12.5. The molecule has 1 aromatic heterocycles. The predicted molar refractivity (Wildman–Crippen MR) is 48.2 cm³/mol. The molecule has 0 aliphatic carbocycles. The first-order chi connectivity index (χ1) is 6.29. The fourth-order valence-corrected chi connectivity index (χ4v) is 1.19. The van der Waals surface area contributed by atoms with Gasteiger partial charge >= 0.3 is 5.97 Å². The third-order valence-electron chi connectivity index (χ3n) is 1.83. The van der Waals surface area contributed by atoms with Crippen molar-refractivity contribution >= 4 is 5.97 Å². The summed E-state index contributed by atoms with van der Waals surface area (Å²) in [4.78, 5) is 15.3. The summed E-state index contributed by atoms with van der Waals surface area (Å²) >= 11 is 0. The van der Waals surface area contributed by atoms with E-state index in [-0.39, 0.29) is 12.0 Å². The highest BCUT2D eigenvalue weighted by atomic mass is 16.5. The van der Waals surface area contributed by atoms with Gasteiger partial charge in [-0.05, 0) is 13.3 Å². The van der Waals surface area contributed by atoms with Crippen molar-refractivity contribution in [2.75, 3.05) is 6.61 Å². The Morgan fingerprint density at radius 3 is 2.85 bits per heavy atom. The first-order valence-corrected chi connectivity index (χ1v) is 4.43. The molecule has 0 unspecified atom stereocenters. The maximum absolute atomic E-state index is 11.4. The Kier molecular flexibility index (Phi) is 3.49. The predicted octanol–water partition coefficient (Wildman–Crippen LogP) is 1.40. The minimum Gasteiger partial charge on any atom is -0.464 e. The maximum atomic E-state index is 11.4. The minimum atomic E-state index is -0.234. The molecule has 13 heavy (non-hydrogen) atoms. The molecule has 4 heteroatoms. The van der Waals surface area contributed by atoms with E-state index in [1.54, 1.807) is 30.2 Å². The van der Waals surface area contributed by atoms with Gasteiger partial charge in [-0.25, -0.2) is 9.78 Å². The second-order valence-corrected chi connectivity index (χ2v) is 2.69. The van der Waals surface area contributed by atoms with Crippen molar-refractivity contribution in [3.8, 4) is 0 Å². The van der Waals surface area contributed by atoms with Crippen molar-refractivity contribution in [1.29, 1.82) is 0 Å². The first-order valence-electron chi connectivity index (χ1n) is 4.43. The fourth-order valence-electron chi connectivity index (χ4n) is 1.19. The molecule has 0 aliphatic rings. The van der Waals surface area contributed by atoms with Gasteiger partial charge in [-0.15, -0.1) is 0 Å². The second-order valence-electron chi connectivity index (χ2n) is 2.69. The van der Waals surface area contributed by atoms with E-state index < -0.39 is 0 Å². The third-order valence-corrected chi connectivity index (χ3v) is 1.83. The van der Waals surface area contributed by atoms with Crippen LogP contribution in [-0.2, 0) is 9.53 Å². The minimum absolute atomic E-state index is 0.192. The molecule has 0 amide bonds. The molecule has 1 rings (SSSR count). The highest BCUT2D eigenvalue weighted by Crippen LogP contribution is 2.12. The number of carbonyl (C=O) groups is 1. The SMILES string of the molecule is CCOC(=O)[C@H](CC)n1ccnc1. The molecule has 1 atom stereocenters. The fraction of sp³-hybridized carbons (Fsp3) is 0.556. The summed E-state index contributed by atoms with van der Waals surface area (Å²) in [6.45, 7) is 4.17. The summed E-state index contributed by atoms with van der Waals surface area (Å²) in [7, 11) is 0. The average molecular weight is 182 g/mol. The number of imidazole rings is 1. The van der Waals surface area contributed by atoms with Crippen molar-refractivity contribution in [1.82, 2.24) is 9.55 Å². The van der Waals surface area contributed by atoms with Crippen molar-refractivity contribution < 1.29 is 9.53 Å². The molecule has 0 bridgehead atoms. The van der Waals surface area contributed by atoms with E-state index in [2.05, 4.69) is 4.98 Å². The standard InChI is InChI=1S/C9H14N2O2/c1-3-8(9(12)13-4-2)11-6-5-10-7-11/h5-8H,3-4H2,1-2H3/t8-/m0/s1. The summed E-state index contributed by atoms with van der Waals surface area (Å²) in [5.74, 6) is -0.192. The lowest BCUT2D eigenvalue weighted by Gasteiger charge is -2.14. The number of rotatable bonds is 4. The Hall–Kier alpha value is -1.32. The maximum Gasteiger partial charge on any atom is 0.329 e. The van der Waals surface area contributed by atoms with Gasteiger partial charge in [0.2, 0.25) is 0 Å². The zero-order chi connectivity index (χ0) is 9.68. The van der Waals surface area contributed by atoms with Gasteiger partial charge in [0.1, 0.15) is 6.04 Å². The third kappa shape index (κ3) is 2.31. The first kappa shape index (κ1) is 9.77. The Labute approximate surface area is 77.5 Å². The van der Waals surface area contributed by atoms with Gasteiger partial charge in [-0.3, -0.25) is 0 Å². The van der Waals surface area contributed by atoms with Crippen LogP contribution in [0.3, 0.4) is 0 Å². The number of nitrogens with zero attached hydrogens (tertiary/aromatic N) is 2. The van der Waals surface area contributed by atoms with Gasteiger partial charge in [0, 0.05) is 12.4 Å². The molecule has 0 saturated carbocycles. The lowest BCUT2D eigenvalue weighted by atomic mass is 10.2. The van der Waals surface area contributed by atoms with E-state index in [4.69, 9.17) is 4.74 Å². The molecular weight excluding hydrogens is 168 g/mol. The largest absolute Gasteiger partial charge is 0.464 e. The number of aromatic nitrogens is 2. The molecule has 0 fully saturated rings. The molecule has 0 spiro atoms. The van der Waals surface area contributed by atoms with Crippen LogP contribution >= 0.6 is 0 Å². The Bertz CT molecular complexity index is 257. The van der Waals surface area contributed by atoms with Gasteiger partial charge < -0.3 is 9.30 Å². The average Bonchev–Trinajstić information content (AvgIpc) is 2.59. The van der Waals surface area contributed by atoms with E-state index in [0.29, 0.717) is 6.61 Å². The summed E-state index contributed by atoms with van der Waals surface area (Å²) in [5, 5.41) is 0.